The van der Waals surface area contributed by atoms with Crippen LogP contribution < -0.4 is 4.90 Å². The van der Waals surface area contributed by atoms with Crippen LogP contribution in [0.15, 0.2) is 48.7 Å². The minimum absolute atomic E-state index is 0.0833. The van der Waals surface area contributed by atoms with Crippen LogP contribution in [-0.2, 0) is 17.8 Å². The lowest BCUT2D eigenvalue weighted by Crippen LogP contribution is -2.27. The predicted octanol–water partition coefficient (Wildman–Crippen LogP) is 3.72. The van der Waals surface area contributed by atoms with Crippen molar-refractivity contribution < 1.29 is 9.18 Å². The first kappa shape index (κ1) is 19.1. The molecule has 2 aromatic heterocycles. The van der Waals surface area contributed by atoms with Gasteiger partial charge in [-0.25, -0.2) is 0 Å². The van der Waals surface area contributed by atoms with Crippen molar-refractivity contribution in [3.8, 4) is 0 Å². The van der Waals surface area contributed by atoms with Gasteiger partial charge in [0.2, 0.25) is 0 Å². The van der Waals surface area contributed by atoms with Gasteiger partial charge in [0, 0.05) is 67.0 Å². The number of benzene rings is 1. The summed E-state index contributed by atoms with van der Waals surface area (Å²) in [6.45, 7) is 2.64. The van der Waals surface area contributed by atoms with Crippen molar-refractivity contribution in [2.45, 2.75) is 25.4 Å². The zero-order valence-electron chi connectivity index (χ0n) is 16.9. The topological polar surface area (TPSA) is 49.3 Å². The van der Waals surface area contributed by atoms with Gasteiger partial charge in [-0.2, -0.15) is 0 Å². The van der Waals surface area contributed by atoms with Gasteiger partial charge in [-0.05, 0) is 24.6 Å². The largest absolute Gasteiger partial charge is 0.371 e. The normalized spacial score (nSPS) is 21.3. The highest BCUT2D eigenvalue weighted by atomic mass is 19.1. The highest BCUT2D eigenvalue weighted by Crippen LogP contribution is 2.39. The number of anilines is 1. The molecule has 30 heavy (non-hydrogen) atoms. The van der Waals surface area contributed by atoms with E-state index in [-0.39, 0.29) is 18.6 Å². The molecule has 0 aliphatic carbocycles. The van der Waals surface area contributed by atoms with Crippen molar-refractivity contribution in [1.29, 1.82) is 0 Å². The van der Waals surface area contributed by atoms with E-state index < -0.39 is 0 Å². The molecule has 0 bridgehead atoms. The molecule has 1 aromatic carbocycles. The number of carbonyl (C=O) groups excluding carboxylic acids is 1. The summed E-state index contributed by atoms with van der Waals surface area (Å²) in [7, 11) is 0. The van der Waals surface area contributed by atoms with Gasteiger partial charge >= 0.3 is 0 Å². The van der Waals surface area contributed by atoms with Gasteiger partial charge in [-0.3, -0.25) is 19.3 Å². The van der Waals surface area contributed by atoms with Crippen LogP contribution >= 0.6 is 0 Å². The molecule has 1 saturated heterocycles. The van der Waals surface area contributed by atoms with Crippen molar-refractivity contribution in [3.63, 3.8) is 0 Å². The highest BCUT2D eigenvalue weighted by Gasteiger charge is 2.35. The molecule has 0 amide bonds. The Morgan fingerprint density at radius 3 is 2.90 bits per heavy atom. The lowest BCUT2D eigenvalue weighted by atomic mass is 10.1. The van der Waals surface area contributed by atoms with Gasteiger partial charge in [-0.1, -0.05) is 24.3 Å². The van der Waals surface area contributed by atoms with Gasteiger partial charge in [0.15, 0.2) is 0 Å². The fourth-order valence-corrected chi connectivity index (χ4v) is 4.76. The van der Waals surface area contributed by atoms with Crippen molar-refractivity contribution in [2.24, 2.45) is 5.92 Å². The summed E-state index contributed by atoms with van der Waals surface area (Å²) >= 11 is 0. The molecular weight excluding hydrogens is 379 g/mol. The molecule has 154 valence electrons. The van der Waals surface area contributed by atoms with Crippen LogP contribution in [0.1, 0.15) is 29.4 Å². The zero-order chi connectivity index (χ0) is 20.5. The Morgan fingerprint density at radius 1 is 1.17 bits per heavy atom. The molecule has 5 nitrogen and oxygen atoms in total. The molecule has 2 atom stereocenters. The molecule has 5 rings (SSSR count). The lowest BCUT2D eigenvalue weighted by Gasteiger charge is -2.25. The van der Waals surface area contributed by atoms with E-state index in [4.69, 9.17) is 4.98 Å². The molecule has 2 aliphatic rings. The lowest BCUT2D eigenvalue weighted by molar-refractivity contribution is -0.112. The van der Waals surface area contributed by atoms with Crippen LogP contribution in [0.3, 0.4) is 0 Å². The van der Waals surface area contributed by atoms with Gasteiger partial charge in [0.1, 0.15) is 6.29 Å². The third-order valence-corrected chi connectivity index (χ3v) is 6.38. The maximum atomic E-state index is 13.1. The molecule has 0 saturated carbocycles. The molecule has 2 unspecified atom stereocenters. The number of aromatic nitrogens is 2. The Hall–Kier alpha value is -2.86. The Bertz CT molecular complexity index is 1070. The van der Waals surface area contributed by atoms with Gasteiger partial charge < -0.3 is 9.69 Å². The van der Waals surface area contributed by atoms with E-state index >= 15 is 0 Å². The first-order valence-corrected chi connectivity index (χ1v) is 10.6. The third-order valence-electron chi connectivity index (χ3n) is 6.38. The molecule has 6 heteroatoms. The number of carbonyl (C=O) groups is 1. The summed E-state index contributed by atoms with van der Waals surface area (Å²) in [5.74, 6) is 0.0833. The van der Waals surface area contributed by atoms with Crippen molar-refractivity contribution in [3.05, 3.63) is 65.6 Å². The molecule has 4 heterocycles. The van der Waals surface area contributed by atoms with Gasteiger partial charge in [0.25, 0.3) is 0 Å². The molecular formula is C24H25FN4O. The van der Waals surface area contributed by atoms with Crippen molar-refractivity contribution in [2.75, 3.05) is 31.2 Å². The second-order valence-electron chi connectivity index (χ2n) is 8.24. The Labute approximate surface area is 175 Å². The summed E-state index contributed by atoms with van der Waals surface area (Å²) in [4.78, 5) is 25.8. The Morgan fingerprint density at radius 2 is 2.07 bits per heavy atom. The van der Waals surface area contributed by atoms with E-state index in [0.717, 1.165) is 65.8 Å². The maximum absolute atomic E-state index is 13.1. The van der Waals surface area contributed by atoms with Crippen molar-refractivity contribution >= 4 is 22.9 Å². The summed E-state index contributed by atoms with van der Waals surface area (Å²) in [5.41, 5.74) is 5.01. The minimum atomic E-state index is -0.311. The van der Waals surface area contributed by atoms with E-state index in [0.29, 0.717) is 13.1 Å². The Balaban J connectivity index is 1.35. The molecule has 3 aromatic rings. The van der Waals surface area contributed by atoms with Crippen LogP contribution in [0.2, 0.25) is 0 Å². The first-order valence-electron chi connectivity index (χ1n) is 10.6. The fourth-order valence-electron chi connectivity index (χ4n) is 4.76. The summed E-state index contributed by atoms with van der Waals surface area (Å²) in [6, 6.07) is 13.9. The Kier molecular flexibility index (Phi) is 5.17. The van der Waals surface area contributed by atoms with Gasteiger partial charge in [-0.15, -0.1) is 0 Å². The van der Waals surface area contributed by atoms with Crippen LogP contribution in [0.4, 0.5) is 10.1 Å². The van der Waals surface area contributed by atoms with Crippen molar-refractivity contribution in [1.82, 2.24) is 14.9 Å². The standard InChI is InChI=1S/C24H25FN4O/c25-13-17-8-11-28(14-17)22-7-10-26-21-15-29(23(16-30)24(21)22)12-9-19-6-5-18-3-1-2-4-20(18)27-19/h1-7,10,16-17,23H,8-9,11-15H2. The second kappa shape index (κ2) is 8.11. The number of halogens is 1. The quantitative estimate of drug-likeness (QED) is 0.586. The number of para-hydroxylation sites is 1. The van der Waals surface area contributed by atoms with E-state index in [1.165, 1.54) is 0 Å². The maximum Gasteiger partial charge on any atom is 0.141 e. The van der Waals surface area contributed by atoms with Crippen LogP contribution in [0, 0.1) is 5.92 Å². The zero-order valence-corrected chi connectivity index (χ0v) is 16.9. The summed E-state index contributed by atoms with van der Waals surface area (Å²) in [5, 5.41) is 1.13. The number of hydrogen-bond donors (Lipinski definition) is 0. The summed E-state index contributed by atoms with van der Waals surface area (Å²) < 4.78 is 13.1. The minimum Gasteiger partial charge on any atom is -0.371 e. The highest BCUT2D eigenvalue weighted by molar-refractivity contribution is 5.78. The number of hydrogen-bond acceptors (Lipinski definition) is 5. The fraction of sp³-hybridized carbons (Fsp3) is 0.375. The third kappa shape index (κ3) is 3.45. The second-order valence-corrected chi connectivity index (χ2v) is 8.24. The number of nitrogens with zero attached hydrogens (tertiary/aromatic N) is 4. The molecule has 2 aliphatic heterocycles. The molecule has 0 radical (unpaired) electrons. The van der Waals surface area contributed by atoms with E-state index in [1.807, 2.05) is 30.5 Å². The first-order chi connectivity index (χ1) is 14.8. The number of alkyl halides is 1. The SMILES string of the molecule is O=CC1c2c(N3CCC(CF)C3)ccnc2CN1CCc1ccc2ccccc2n1. The number of fused-ring (bicyclic) bond motifs is 2. The predicted molar refractivity (Wildman–Crippen MR) is 115 cm³/mol. The van der Waals surface area contributed by atoms with E-state index in [9.17, 15) is 9.18 Å². The number of rotatable bonds is 6. The van der Waals surface area contributed by atoms with Crippen LogP contribution in [0.5, 0.6) is 0 Å². The number of aldehydes is 1. The number of pyridine rings is 2. The molecule has 0 N–H and O–H groups in total. The van der Waals surface area contributed by atoms with E-state index in [1.54, 1.807) is 0 Å². The average molecular weight is 404 g/mol. The van der Waals surface area contributed by atoms with Gasteiger partial charge in [0.05, 0.1) is 23.9 Å². The molecule has 0 spiro atoms. The monoisotopic (exact) mass is 404 g/mol. The van der Waals surface area contributed by atoms with E-state index in [2.05, 4.69) is 33.0 Å². The van der Waals surface area contributed by atoms with Crippen LogP contribution in [-0.4, -0.2) is 47.5 Å². The average Bonchev–Trinajstić information content (AvgIpc) is 3.41. The molecule has 1 fully saturated rings. The van der Waals surface area contributed by atoms with Crippen LogP contribution in [0.25, 0.3) is 10.9 Å². The smallest absolute Gasteiger partial charge is 0.141 e. The summed E-state index contributed by atoms with van der Waals surface area (Å²) in [6.07, 6.45) is 4.46.